The molecular weight excluding hydrogens is 518 g/mol. The van der Waals surface area contributed by atoms with Gasteiger partial charge < -0.3 is 35.6 Å². The first kappa shape index (κ1) is 37.0. The summed E-state index contributed by atoms with van der Waals surface area (Å²) in [6, 6.07) is -1.50. The van der Waals surface area contributed by atoms with Crippen LogP contribution in [-0.4, -0.2) is 84.3 Å². The highest BCUT2D eigenvalue weighted by atomic mass is 16.6. The first-order valence-corrected chi connectivity index (χ1v) is 14.0. The van der Waals surface area contributed by atoms with Gasteiger partial charge in [-0.05, 0) is 66.2 Å². The molecule has 12 heteroatoms. The average Bonchev–Trinajstić information content (AvgIpc) is 2.76. The van der Waals surface area contributed by atoms with Crippen LogP contribution in [0.4, 0.5) is 9.59 Å². The first-order valence-electron chi connectivity index (χ1n) is 14.0. The maximum Gasteiger partial charge on any atom is 0.408 e. The van der Waals surface area contributed by atoms with Crippen molar-refractivity contribution in [2.75, 3.05) is 26.2 Å². The molecule has 0 aromatic rings. The Morgan fingerprint density at radius 2 is 0.975 bits per heavy atom. The van der Waals surface area contributed by atoms with Gasteiger partial charge in [0.05, 0.1) is 0 Å². The fourth-order valence-electron chi connectivity index (χ4n) is 3.55. The molecule has 0 spiro atoms. The van der Waals surface area contributed by atoms with Crippen molar-refractivity contribution >= 4 is 29.9 Å². The Labute approximate surface area is 240 Å². The average molecular weight is 572 g/mol. The van der Waals surface area contributed by atoms with E-state index in [0.29, 0.717) is 39.0 Å². The maximum absolute atomic E-state index is 12.6. The lowest BCUT2D eigenvalue weighted by molar-refractivity contribution is -0.128. The van der Waals surface area contributed by atoms with Crippen molar-refractivity contribution in [1.82, 2.24) is 26.2 Å². The van der Waals surface area contributed by atoms with Gasteiger partial charge in [0, 0.05) is 33.1 Å². The number of rotatable bonds is 14. The summed E-state index contributed by atoms with van der Waals surface area (Å²) in [4.78, 5) is 63.2. The van der Waals surface area contributed by atoms with Crippen LogP contribution in [-0.2, 0) is 23.9 Å². The summed E-state index contributed by atoms with van der Waals surface area (Å²) in [6.07, 6.45) is -0.276. The zero-order valence-corrected chi connectivity index (χ0v) is 26.4. The molecule has 0 saturated carbocycles. The molecule has 0 fully saturated rings. The zero-order valence-electron chi connectivity index (χ0n) is 26.4. The largest absolute Gasteiger partial charge is 0.444 e. The van der Waals surface area contributed by atoms with Crippen LogP contribution < -0.4 is 21.3 Å². The molecule has 0 bridgehead atoms. The summed E-state index contributed by atoms with van der Waals surface area (Å²) in [5.41, 5.74) is -1.34. The second-order valence-corrected chi connectivity index (χ2v) is 12.5. The summed E-state index contributed by atoms with van der Waals surface area (Å²) in [5, 5.41) is 10.9. The SMILES string of the molecule is CC(=O)N(CCCNC(=O)[C@@H](NC(=O)OC(C)(C)C)C(C)C)CCCNC(=O)[C@@H](NC(=O)OC(C)(C)C)C(C)C. The van der Waals surface area contributed by atoms with Crippen LogP contribution in [0.1, 0.15) is 89.0 Å². The molecule has 2 atom stereocenters. The summed E-state index contributed by atoms with van der Waals surface area (Å²) < 4.78 is 10.5. The molecule has 12 nitrogen and oxygen atoms in total. The van der Waals surface area contributed by atoms with Gasteiger partial charge in [0.2, 0.25) is 17.7 Å². The predicted octanol–water partition coefficient (Wildman–Crippen LogP) is 2.95. The van der Waals surface area contributed by atoms with E-state index < -0.39 is 35.5 Å². The van der Waals surface area contributed by atoms with E-state index in [1.54, 1.807) is 46.4 Å². The second kappa shape index (κ2) is 16.9. The zero-order chi connectivity index (χ0) is 31.3. The minimum atomic E-state index is -0.748. The van der Waals surface area contributed by atoms with Crippen molar-refractivity contribution < 1.29 is 33.4 Å². The third-order valence-corrected chi connectivity index (χ3v) is 5.50. The second-order valence-electron chi connectivity index (χ2n) is 12.5. The molecule has 232 valence electrons. The standard InChI is InChI=1S/C28H53N5O7/c1-18(2)21(31-25(37)39-27(6,7)8)23(35)29-14-12-16-33(20(5)34)17-13-15-30-24(36)22(19(3)4)32-26(38)40-28(9,10)11/h18-19,21-22H,12-17H2,1-11H3,(H,29,35)(H,30,36)(H,31,37)(H,32,38)/t21-,22-/m0/s1. The van der Waals surface area contributed by atoms with Crippen molar-refractivity contribution in [3.63, 3.8) is 0 Å². The maximum atomic E-state index is 12.6. The molecule has 0 heterocycles. The lowest BCUT2D eigenvalue weighted by atomic mass is 10.0. The third-order valence-electron chi connectivity index (χ3n) is 5.50. The number of nitrogens with zero attached hydrogens (tertiary/aromatic N) is 1. The smallest absolute Gasteiger partial charge is 0.408 e. The summed E-state index contributed by atoms with van der Waals surface area (Å²) in [5.74, 6) is -1.05. The van der Waals surface area contributed by atoms with Crippen LogP contribution in [0.25, 0.3) is 0 Å². The topological polar surface area (TPSA) is 155 Å². The number of hydrogen-bond donors (Lipinski definition) is 4. The number of amides is 5. The minimum Gasteiger partial charge on any atom is -0.444 e. The lowest BCUT2D eigenvalue weighted by Gasteiger charge is -2.26. The van der Waals surface area contributed by atoms with Crippen LogP contribution in [0, 0.1) is 11.8 Å². The van der Waals surface area contributed by atoms with Crippen molar-refractivity contribution in [2.45, 2.75) is 112 Å². The summed E-state index contributed by atoms with van der Waals surface area (Å²) >= 11 is 0. The molecule has 40 heavy (non-hydrogen) atoms. The van der Waals surface area contributed by atoms with Crippen LogP contribution >= 0.6 is 0 Å². The monoisotopic (exact) mass is 571 g/mol. The van der Waals surface area contributed by atoms with Gasteiger partial charge in [0.25, 0.3) is 0 Å². The highest BCUT2D eigenvalue weighted by Crippen LogP contribution is 2.10. The molecule has 0 aliphatic carbocycles. The van der Waals surface area contributed by atoms with Gasteiger partial charge in [-0.15, -0.1) is 0 Å². The van der Waals surface area contributed by atoms with E-state index in [0.717, 1.165) is 0 Å². The van der Waals surface area contributed by atoms with Crippen LogP contribution in [0.2, 0.25) is 0 Å². The Morgan fingerprint density at radius 1 is 0.650 bits per heavy atom. The van der Waals surface area contributed by atoms with Gasteiger partial charge in [-0.3, -0.25) is 14.4 Å². The molecule has 0 aliphatic heterocycles. The van der Waals surface area contributed by atoms with Crippen molar-refractivity contribution in [3.05, 3.63) is 0 Å². The van der Waals surface area contributed by atoms with E-state index in [9.17, 15) is 24.0 Å². The van der Waals surface area contributed by atoms with Gasteiger partial charge in [-0.25, -0.2) is 9.59 Å². The molecule has 0 aromatic carbocycles. The third kappa shape index (κ3) is 16.8. The highest BCUT2D eigenvalue weighted by Gasteiger charge is 2.28. The molecule has 0 aromatic heterocycles. The lowest BCUT2D eigenvalue weighted by Crippen LogP contribution is -2.51. The van der Waals surface area contributed by atoms with Gasteiger partial charge in [0.15, 0.2) is 0 Å². The Bertz CT molecular complexity index is 785. The Kier molecular flexibility index (Phi) is 15.6. The Balaban J connectivity index is 4.64. The molecule has 4 N–H and O–H groups in total. The van der Waals surface area contributed by atoms with Crippen molar-refractivity contribution in [1.29, 1.82) is 0 Å². The molecule has 0 radical (unpaired) electrons. The van der Waals surface area contributed by atoms with Crippen LogP contribution in [0.5, 0.6) is 0 Å². The molecule has 0 aliphatic rings. The van der Waals surface area contributed by atoms with Crippen LogP contribution in [0.3, 0.4) is 0 Å². The van der Waals surface area contributed by atoms with E-state index >= 15 is 0 Å². The van der Waals surface area contributed by atoms with E-state index in [2.05, 4.69) is 21.3 Å². The number of carbonyl (C=O) groups excluding carboxylic acids is 5. The Hall–Kier alpha value is -3.05. The number of nitrogens with one attached hydrogen (secondary N) is 4. The minimum absolute atomic E-state index is 0.115. The highest BCUT2D eigenvalue weighted by molar-refractivity contribution is 5.86. The fraction of sp³-hybridized carbons (Fsp3) is 0.821. The number of ether oxygens (including phenoxy) is 2. The predicted molar refractivity (Wildman–Crippen MR) is 153 cm³/mol. The van der Waals surface area contributed by atoms with Crippen LogP contribution in [0.15, 0.2) is 0 Å². The van der Waals surface area contributed by atoms with E-state index in [1.807, 2.05) is 27.7 Å². The molecule has 0 unspecified atom stereocenters. The number of hydrogen-bond acceptors (Lipinski definition) is 7. The Morgan fingerprint density at radius 3 is 1.23 bits per heavy atom. The number of alkyl carbamates (subject to hydrolysis) is 2. The van der Waals surface area contributed by atoms with E-state index in [1.165, 1.54) is 6.92 Å². The van der Waals surface area contributed by atoms with Gasteiger partial charge in [-0.1, -0.05) is 27.7 Å². The summed E-state index contributed by atoms with van der Waals surface area (Å²) in [6.45, 7) is 20.8. The van der Waals surface area contributed by atoms with Gasteiger partial charge >= 0.3 is 12.2 Å². The van der Waals surface area contributed by atoms with E-state index in [-0.39, 0.29) is 29.6 Å². The first-order chi connectivity index (χ1) is 18.2. The molecular formula is C28H53N5O7. The van der Waals surface area contributed by atoms with Crippen molar-refractivity contribution in [3.8, 4) is 0 Å². The van der Waals surface area contributed by atoms with Crippen molar-refractivity contribution in [2.24, 2.45) is 11.8 Å². The van der Waals surface area contributed by atoms with Gasteiger partial charge in [-0.2, -0.15) is 0 Å². The quantitative estimate of drug-likeness (QED) is 0.234. The molecule has 5 amide bonds. The number of carbonyl (C=O) groups is 5. The van der Waals surface area contributed by atoms with Gasteiger partial charge in [0.1, 0.15) is 23.3 Å². The molecule has 0 saturated heterocycles. The summed E-state index contributed by atoms with van der Waals surface area (Å²) in [7, 11) is 0. The molecule has 0 rings (SSSR count). The normalized spacial score (nSPS) is 13.2. The fourth-order valence-corrected chi connectivity index (χ4v) is 3.55. The van der Waals surface area contributed by atoms with E-state index in [4.69, 9.17) is 9.47 Å².